The first-order valence-electron chi connectivity index (χ1n) is 9.04. The zero-order chi connectivity index (χ0) is 18.8. The van der Waals surface area contributed by atoms with Crippen LogP contribution in [0.25, 0.3) is 0 Å². The Bertz CT molecular complexity index is 636. The van der Waals surface area contributed by atoms with E-state index in [1.165, 1.54) is 0 Å². The summed E-state index contributed by atoms with van der Waals surface area (Å²) in [5, 5.41) is 39.5. The van der Waals surface area contributed by atoms with Crippen LogP contribution in [0.5, 0.6) is 0 Å². The summed E-state index contributed by atoms with van der Waals surface area (Å²) < 4.78 is 5.63. The zero-order valence-electron chi connectivity index (χ0n) is 14.9. The Morgan fingerprint density at radius 3 is 2.65 bits per heavy atom. The lowest BCUT2D eigenvalue weighted by Gasteiger charge is -2.40. The molecule has 3 rings (SSSR count). The van der Waals surface area contributed by atoms with E-state index in [4.69, 9.17) is 4.74 Å². The molecule has 144 valence electrons. The van der Waals surface area contributed by atoms with Crippen LogP contribution in [0.1, 0.15) is 30.1 Å². The predicted octanol–water partition coefficient (Wildman–Crippen LogP) is -0.388. The van der Waals surface area contributed by atoms with Crippen molar-refractivity contribution in [2.45, 2.75) is 49.8 Å². The summed E-state index contributed by atoms with van der Waals surface area (Å²) in [6.07, 6.45) is -3.52. The Morgan fingerprint density at radius 2 is 1.96 bits per heavy atom. The smallest absolute Gasteiger partial charge is 0.222 e. The van der Waals surface area contributed by atoms with Crippen LogP contribution in [0.4, 0.5) is 0 Å². The van der Waals surface area contributed by atoms with Gasteiger partial charge in [0.1, 0.15) is 30.5 Å². The Hall–Kier alpha value is -1.51. The van der Waals surface area contributed by atoms with Gasteiger partial charge in [0, 0.05) is 20.0 Å². The first kappa shape index (κ1) is 19.3. The van der Waals surface area contributed by atoms with Gasteiger partial charge >= 0.3 is 0 Å². The molecule has 0 saturated carbocycles. The number of hydrogen-bond donors (Lipinski definition) is 4. The van der Waals surface area contributed by atoms with Crippen molar-refractivity contribution in [2.24, 2.45) is 5.92 Å². The quantitative estimate of drug-likeness (QED) is 0.579. The van der Waals surface area contributed by atoms with E-state index < -0.39 is 37.1 Å². The molecule has 2 saturated heterocycles. The molecule has 2 aliphatic heterocycles. The summed E-state index contributed by atoms with van der Waals surface area (Å²) >= 11 is 0. The summed E-state index contributed by atoms with van der Waals surface area (Å²) in [6.45, 7) is 0.284. The number of aliphatic hydroxyl groups is 4. The minimum Gasteiger partial charge on any atom is -0.394 e. The minimum absolute atomic E-state index is 0.177. The molecular weight excluding hydrogens is 338 g/mol. The highest BCUT2D eigenvalue weighted by atomic mass is 16.5. The number of aliphatic hydroxyl groups excluding tert-OH is 4. The van der Waals surface area contributed by atoms with Crippen LogP contribution in [-0.2, 0) is 16.0 Å². The number of rotatable bonds is 4. The third-order valence-corrected chi connectivity index (χ3v) is 5.42. The van der Waals surface area contributed by atoms with Gasteiger partial charge in [0.05, 0.1) is 6.61 Å². The molecule has 0 spiro atoms. The maximum absolute atomic E-state index is 11.6. The van der Waals surface area contributed by atoms with E-state index >= 15 is 0 Å². The number of likely N-dealkylation sites (tertiary alicyclic amines) is 1. The second-order valence-corrected chi connectivity index (χ2v) is 7.38. The largest absolute Gasteiger partial charge is 0.394 e. The molecule has 0 aliphatic carbocycles. The van der Waals surface area contributed by atoms with E-state index in [1.807, 2.05) is 25.2 Å². The summed E-state index contributed by atoms with van der Waals surface area (Å²) in [7, 11) is 1.82. The normalized spacial score (nSPS) is 35.6. The van der Waals surface area contributed by atoms with E-state index in [0.717, 1.165) is 24.9 Å². The third-order valence-electron chi connectivity index (χ3n) is 5.42. The van der Waals surface area contributed by atoms with Gasteiger partial charge in [-0.2, -0.15) is 0 Å². The molecule has 1 aromatic rings. The second kappa shape index (κ2) is 8.02. The highest BCUT2D eigenvalue weighted by Gasteiger charge is 2.43. The molecule has 1 amide bonds. The number of benzene rings is 1. The van der Waals surface area contributed by atoms with E-state index in [1.54, 1.807) is 11.0 Å². The van der Waals surface area contributed by atoms with Crippen molar-refractivity contribution in [3.63, 3.8) is 0 Å². The Balaban J connectivity index is 1.73. The van der Waals surface area contributed by atoms with Crippen LogP contribution in [0.2, 0.25) is 0 Å². The van der Waals surface area contributed by atoms with Crippen molar-refractivity contribution in [3.8, 4) is 0 Å². The molecule has 7 heteroatoms. The average Bonchev–Trinajstić information content (AvgIpc) is 2.63. The molecule has 0 bridgehead atoms. The molecule has 0 radical (unpaired) electrons. The summed E-state index contributed by atoms with van der Waals surface area (Å²) in [5.41, 5.74) is 1.76. The molecule has 7 nitrogen and oxygen atoms in total. The van der Waals surface area contributed by atoms with E-state index in [-0.39, 0.29) is 5.91 Å². The lowest BCUT2D eigenvalue weighted by atomic mass is 9.88. The van der Waals surface area contributed by atoms with Gasteiger partial charge in [0.2, 0.25) is 5.91 Å². The van der Waals surface area contributed by atoms with Gasteiger partial charge in [0.25, 0.3) is 0 Å². The Morgan fingerprint density at radius 1 is 1.19 bits per heavy atom. The molecule has 1 aromatic carbocycles. The van der Waals surface area contributed by atoms with Gasteiger partial charge in [0.15, 0.2) is 0 Å². The number of carbonyl (C=O) groups is 1. The second-order valence-electron chi connectivity index (χ2n) is 7.38. The fourth-order valence-electron chi connectivity index (χ4n) is 3.87. The molecule has 2 fully saturated rings. The maximum atomic E-state index is 11.6. The fraction of sp³-hybridized carbons (Fsp3) is 0.632. The molecule has 2 aliphatic rings. The highest BCUT2D eigenvalue weighted by molar-refractivity contribution is 5.76. The van der Waals surface area contributed by atoms with Gasteiger partial charge in [-0.15, -0.1) is 0 Å². The van der Waals surface area contributed by atoms with Gasteiger partial charge in [-0.1, -0.05) is 24.3 Å². The SMILES string of the molecule is CN1CC(Cc2cccc([C@@H]3O[C@H](CO)[C@@H](O)[C@H](O)[C@H]3O)c2)CCC1=O. The molecule has 6 atom stereocenters. The summed E-state index contributed by atoms with van der Waals surface area (Å²) in [6, 6.07) is 7.57. The number of nitrogens with zero attached hydrogens (tertiary/aromatic N) is 1. The van der Waals surface area contributed by atoms with Crippen LogP contribution in [0, 0.1) is 5.92 Å². The topological polar surface area (TPSA) is 110 Å². The lowest BCUT2D eigenvalue weighted by Crippen LogP contribution is -2.55. The van der Waals surface area contributed by atoms with Gasteiger partial charge in [-0.3, -0.25) is 4.79 Å². The van der Waals surface area contributed by atoms with E-state index in [9.17, 15) is 25.2 Å². The van der Waals surface area contributed by atoms with Crippen LogP contribution < -0.4 is 0 Å². The van der Waals surface area contributed by atoms with Crippen molar-refractivity contribution in [1.29, 1.82) is 0 Å². The minimum atomic E-state index is -1.38. The van der Waals surface area contributed by atoms with Crippen LogP contribution in [-0.4, -0.2) is 75.8 Å². The van der Waals surface area contributed by atoms with Crippen LogP contribution in [0.3, 0.4) is 0 Å². The van der Waals surface area contributed by atoms with Crippen LogP contribution in [0.15, 0.2) is 24.3 Å². The number of piperidine rings is 1. The number of amides is 1. The first-order valence-corrected chi connectivity index (χ1v) is 9.04. The summed E-state index contributed by atoms with van der Waals surface area (Å²) in [5.74, 6) is 0.555. The summed E-state index contributed by atoms with van der Waals surface area (Å²) in [4.78, 5) is 13.4. The number of carbonyl (C=O) groups excluding carboxylic acids is 1. The molecule has 1 unspecified atom stereocenters. The molecule has 2 heterocycles. The van der Waals surface area contributed by atoms with Gasteiger partial charge in [-0.25, -0.2) is 0 Å². The van der Waals surface area contributed by atoms with Crippen molar-refractivity contribution >= 4 is 5.91 Å². The van der Waals surface area contributed by atoms with Gasteiger partial charge < -0.3 is 30.1 Å². The molecule has 0 aromatic heterocycles. The molecular formula is C19H27NO6. The van der Waals surface area contributed by atoms with E-state index in [2.05, 4.69) is 0 Å². The molecule has 4 N–H and O–H groups in total. The number of hydrogen-bond acceptors (Lipinski definition) is 6. The molecule has 26 heavy (non-hydrogen) atoms. The van der Waals surface area contributed by atoms with Crippen molar-refractivity contribution < 1.29 is 30.0 Å². The predicted molar refractivity (Wildman–Crippen MR) is 93.2 cm³/mol. The monoisotopic (exact) mass is 365 g/mol. The average molecular weight is 365 g/mol. The standard InChI is InChI=1S/C19H27NO6/c1-20-9-12(5-6-15(20)22)7-11-3-2-4-13(8-11)19-18(25)17(24)16(23)14(10-21)26-19/h2-4,8,12,14,16-19,21,23-25H,5-7,9-10H2,1H3/t12?,14-,16-,17+,18-,19+/m1/s1. The first-order chi connectivity index (χ1) is 12.4. The maximum Gasteiger partial charge on any atom is 0.222 e. The van der Waals surface area contributed by atoms with E-state index in [0.29, 0.717) is 17.9 Å². The lowest BCUT2D eigenvalue weighted by molar-refractivity contribution is -0.231. The third kappa shape index (κ3) is 3.92. The highest BCUT2D eigenvalue weighted by Crippen LogP contribution is 2.33. The Labute approximate surface area is 152 Å². The van der Waals surface area contributed by atoms with Gasteiger partial charge in [-0.05, 0) is 29.9 Å². The van der Waals surface area contributed by atoms with Crippen molar-refractivity contribution in [2.75, 3.05) is 20.2 Å². The van der Waals surface area contributed by atoms with Crippen LogP contribution >= 0.6 is 0 Å². The number of ether oxygens (including phenoxy) is 1. The fourth-order valence-corrected chi connectivity index (χ4v) is 3.87. The van der Waals surface area contributed by atoms with Crippen molar-refractivity contribution in [3.05, 3.63) is 35.4 Å². The van der Waals surface area contributed by atoms with Crippen molar-refractivity contribution in [1.82, 2.24) is 4.90 Å². The zero-order valence-corrected chi connectivity index (χ0v) is 14.9. The Kier molecular flexibility index (Phi) is 5.94.